The fourth-order valence-electron chi connectivity index (χ4n) is 3.16. The minimum atomic E-state index is 0.175. The number of hydrogen-bond donors (Lipinski definition) is 1. The van der Waals surface area contributed by atoms with E-state index in [1.807, 2.05) is 18.2 Å². The van der Waals surface area contributed by atoms with E-state index in [1.54, 1.807) is 0 Å². The molecule has 0 saturated carbocycles. The molecule has 1 N–H and O–H groups in total. The van der Waals surface area contributed by atoms with Crippen molar-refractivity contribution in [1.29, 1.82) is 0 Å². The number of aromatic nitrogens is 2. The van der Waals surface area contributed by atoms with Gasteiger partial charge in [0.05, 0.1) is 12.5 Å². The van der Waals surface area contributed by atoms with Gasteiger partial charge >= 0.3 is 0 Å². The van der Waals surface area contributed by atoms with Crippen molar-refractivity contribution in [3.05, 3.63) is 83.5 Å². The molecule has 1 aliphatic rings. The lowest BCUT2D eigenvalue weighted by Gasteiger charge is -2.08. The molecule has 0 aliphatic carbocycles. The molecule has 1 aromatic heterocycles. The number of rotatable bonds is 4. The third kappa shape index (κ3) is 3.17. The summed E-state index contributed by atoms with van der Waals surface area (Å²) in [4.78, 5) is 4.58. The number of hydrogen-bond acceptors (Lipinski definition) is 4. The Morgan fingerprint density at radius 3 is 2.52 bits per heavy atom. The summed E-state index contributed by atoms with van der Waals surface area (Å²) in [5.41, 5.74) is 2.56. The first-order valence-electron chi connectivity index (χ1n) is 8.03. The van der Waals surface area contributed by atoms with Crippen molar-refractivity contribution in [1.82, 2.24) is 15.5 Å². The third-order valence-corrected chi connectivity index (χ3v) is 4.40. The van der Waals surface area contributed by atoms with Crippen LogP contribution in [0.2, 0.25) is 0 Å². The fraction of sp³-hybridized carbons (Fsp3) is 0.263. The maximum Gasteiger partial charge on any atom is 0.231 e. The average Bonchev–Trinajstić information content (AvgIpc) is 3.26. The molecule has 1 fully saturated rings. The monoisotopic (exact) mass is 305 g/mol. The van der Waals surface area contributed by atoms with Gasteiger partial charge in [0.2, 0.25) is 5.89 Å². The summed E-state index contributed by atoms with van der Waals surface area (Å²) in [5, 5.41) is 7.69. The van der Waals surface area contributed by atoms with Gasteiger partial charge in [0.1, 0.15) is 0 Å². The standard InChI is InChI=1S/C19H19N3O/c1-3-7-14(8-4-1)11-18-21-19(22-23-18)17-12-16(13-20-17)15-9-5-2-6-10-15/h1-10,16-17,20H,11-13H2/t16-,17-/m0/s1. The van der Waals surface area contributed by atoms with E-state index in [1.165, 1.54) is 11.1 Å². The molecule has 0 amide bonds. The molecular weight excluding hydrogens is 286 g/mol. The molecule has 4 heteroatoms. The number of nitrogens with one attached hydrogen (secondary N) is 1. The van der Waals surface area contributed by atoms with Gasteiger partial charge < -0.3 is 9.84 Å². The molecule has 3 aromatic rings. The van der Waals surface area contributed by atoms with Gasteiger partial charge in [-0.1, -0.05) is 65.8 Å². The van der Waals surface area contributed by atoms with E-state index in [9.17, 15) is 0 Å². The van der Waals surface area contributed by atoms with E-state index >= 15 is 0 Å². The normalized spacial score (nSPS) is 20.7. The van der Waals surface area contributed by atoms with E-state index in [4.69, 9.17) is 4.52 Å². The van der Waals surface area contributed by atoms with Crippen LogP contribution in [0.4, 0.5) is 0 Å². The van der Waals surface area contributed by atoms with Gasteiger partial charge in [-0.15, -0.1) is 0 Å². The molecule has 2 heterocycles. The highest BCUT2D eigenvalue weighted by Crippen LogP contribution is 2.32. The summed E-state index contributed by atoms with van der Waals surface area (Å²) in [7, 11) is 0. The molecule has 1 aliphatic heterocycles. The average molecular weight is 305 g/mol. The molecule has 0 bridgehead atoms. The Morgan fingerprint density at radius 1 is 1.00 bits per heavy atom. The Balaban J connectivity index is 1.44. The van der Waals surface area contributed by atoms with Crippen molar-refractivity contribution < 1.29 is 4.52 Å². The third-order valence-electron chi connectivity index (χ3n) is 4.40. The van der Waals surface area contributed by atoms with E-state index in [0.717, 1.165) is 18.8 Å². The highest BCUT2D eigenvalue weighted by molar-refractivity contribution is 5.23. The Bertz CT molecular complexity index is 755. The van der Waals surface area contributed by atoms with Crippen LogP contribution >= 0.6 is 0 Å². The van der Waals surface area contributed by atoms with Crippen molar-refractivity contribution in [2.24, 2.45) is 0 Å². The van der Waals surface area contributed by atoms with E-state index in [-0.39, 0.29) is 6.04 Å². The van der Waals surface area contributed by atoms with Crippen LogP contribution in [0.3, 0.4) is 0 Å². The minimum absolute atomic E-state index is 0.175. The molecular formula is C19H19N3O. The smallest absolute Gasteiger partial charge is 0.231 e. The largest absolute Gasteiger partial charge is 0.339 e. The minimum Gasteiger partial charge on any atom is -0.339 e. The second-order valence-corrected chi connectivity index (χ2v) is 6.01. The van der Waals surface area contributed by atoms with Gasteiger partial charge in [0.25, 0.3) is 0 Å². The van der Waals surface area contributed by atoms with Crippen LogP contribution in [0.5, 0.6) is 0 Å². The summed E-state index contributed by atoms with van der Waals surface area (Å²) in [5.74, 6) is 1.96. The summed E-state index contributed by atoms with van der Waals surface area (Å²) in [6.07, 6.45) is 1.69. The molecule has 1 saturated heterocycles. The second kappa shape index (κ2) is 6.34. The zero-order valence-corrected chi connectivity index (χ0v) is 12.9. The first-order valence-corrected chi connectivity index (χ1v) is 8.03. The van der Waals surface area contributed by atoms with E-state index in [2.05, 4.69) is 57.9 Å². The maximum absolute atomic E-state index is 5.42. The summed E-state index contributed by atoms with van der Waals surface area (Å²) in [6, 6.07) is 21.0. The van der Waals surface area contributed by atoms with Crippen molar-refractivity contribution in [3.63, 3.8) is 0 Å². The lowest BCUT2D eigenvalue weighted by Crippen LogP contribution is -2.14. The SMILES string of the molecule is c1ccc(Cc2nc([C@@H]3C[C@H](c4ccccc4)CN3)no2)cc1. The van der Waals surface area contributed by atoms with Gasteiger partial charge in [0.15, 0.2) is 5.82 Å². The van der Waals surface area contributed by atoms with Gasteiger partial charge in [-0.05, 0) is 23.5 Å². The van der Waals surface area contributed by atoms with Crippen molar-refractivity contribution in [2.45, 2.75) is 24.8 Å². The summed E-state index contributed by atoms with van der Waals surface area (Å²) in [6.45, 7) is 0.956. The predicted octanol–water partition coefficient (Wildman–Crippen LogP) is 3.48. The van der Waals surface area contributed by atoms with Crippen LogP contribution in [-0.2, 0) is 6.42 Å². The second-order valence-electron chi connectivity index (χ2n) is 6.01. The van der Waals surface area contributed by atoms with Gasteiger partial charge in [-0.25, -0.2) is 0 Å². The molecule has 4 nitrogen and oxygen atoms in total. The lowest BCUT2D eigenvalue weighted by molar-refractivity contribution is 0.373. The van der Waals surface area contributed by atoms with E-state index < -0.39 is 0 Å². The zero-order valence-electron chi connectivity index (χ0n) is 12.9. The Hall–Kier alpha value is -2.46. The molecule has 0 unspecified atom stereocenters. The molecule has 4 rings (SSSR count). The van der Waals surface area contributed by atoms with Crippen LogP contribution in [0.1, 0.15) is 41.2 Å². The Labute approximate surface area is 135 Å². The number of benzene rings is 2. The summed E-state index contributed by atoms with van der Waals surface area (Å²) < 4.78 is 5.42. The molecule has 116 valence electrons. The topological polar surface area (TPSA) is 51.0 Å². The zero-order chi connectivity index (χ0) is 15.5. The molecule has 23 heavy (non-hydrogen) atoms. The maximum atomic E-state index is 5.42. The molecule has 2 aromatic carbocycles. The molecule has 0 spiro atoms. The van der Waals surface area contributed by atoms with Crippen LogP contribution in [-0.4, -0.2) is 16.7 Å². The van der Waals surface area contributed by atoms with Crippen molar-refractivity contribution >= 4 is 0 Å². The first kappa shape index (κ1) is 14.2. The predicted molar refractivity (Wildman–Crippen MR) is 88.1 cm³/mol. The Morgan fingerprint density at radius 2 is 1.74 bits per heavy atom. The van der Waals surface area contributed by atoms with Crippen LogP contribution in [0, 0.1) is 0 Å². The lowest BCUT2D eigenvalue weighted by atomic mass is 9.96. The quantitative estimate of drug-likeness (QED) is 0.802. The van der Waals surface area contributed by atoms with E-state index in [0.29, 0.717) is 18.2 Å². The van der Waals surface area contributed by atoms with Gasteiger partial charge in [-0.3, -0.25) is 0 Å². The summed E-state index contributed by atoms with van der Waals surface area (Å²) >= 11 is 0. The van der Waals surface area contributed by atoms with Crippen LogP contribution < -0.4 is 5.32 Å². The Kier molecular flexibility index (Phi) is 3.90. The van der Waals surface area contributed by atoms with Crippen molar-refractivity contribution in [3.8, 4) is 0 Å². The van der Waals surface area contributed by atoms with Crippen LogP contribution in [0.15, 0.2) is 65.2 Å². The first-order chi connectivity index (χ1) is 11.4. The highest BCUT2D eigenvalue weighted by atomic mass is 16.5. The van der Waals surface area contributed by atoms with Crippen LogP contribution in [0.25, 0.3) is 0 Å². The van der Waals surface area contributed by atoms with Crippen molar-refractivity contribution in [2.75, 3.05) is 6.54 Å². The molecule has 2 atom stereocenters. The van der Waals surface area contributed by atoms with Gasteiger partial charge in [-0.2, -0.15) is 4.98 Å². The van der Waals surface area contributed by atoms with Gasteiger partial charge in [0, 0.05) is 6.54 Å². The fourth-order valence-corrected chi connectivity index (χ4v) is 3.16. The number of nitrogens with zero attached hydrogens (tertiary/aromatic N) is 2. The molecule has 0 radical (unpaired) electrons. The highest BCUT2D eigenvalue weighted by Gasteiger charge is 2.29.